The van der Waals surface area contributed by atoms with Gasteiger partial charge in [-0.3, -0.25) is 4.79 Å². The molecule has 0 aromatic heterocycles. The van der Waals surface area contributed by atoms with Crippen LogP contribution in [0.2, 0.25) is 0 Å². The Morgan fingerprint density at radius 3 is 3.00 bits per heavy atom. The van der Waals surface area contributed by atoms with Crippen LogP contribution in [-0.2, 0) is 11.2 Å². The van der Waals surface area contributed by atoms with Gasteiger partial charge in [0.05, 0.1) is 0 Å². The van der Waals surface area contributed by atoms with Crippen molar-refractivity contribution in [3.8, 4) is 5.75 Å². The first kappa shape index (κ1) is 11.9. The smallest absolute Gasteiger partial charge is 0.258 e. The van der Waals surface area contributed by atoms with E-state index >= 15 is 0 Å². The van der Waals surface area contributed by atoms with E-state index in [0.717, 1.165) is 12.8 Å². The van der Waals surface area contributed by atoms with Gasteiger partial charge in [-0.05, 0) is 42.5 Å². The first-order valence-electron chi connectivity index (χ1n) is 5.96. The van der Waals surface area contributed by atoms with Crippen LogP contribution in [0.15, 0.2) is 18.2 Å². The van der Waals surface area contributed by atoms with Crippen molar-refractivity contribution in [1.29, 1.82) is 0 Å². The first-order chi connectivity index (χ1) is 8.11. The van der Waals surface area contributed by atoms with Gasteiger partial charge in [0, 0.05) is 6.04 Å². The van der Waals surface area contributed by atoms with E-state index in [1.54, 1.807) is 0 Å². The van der Waals surface area contributed by atoms with E-state index in [1.807, 2.05) is 25.1 Å². The molecule has 17 heavy (non-hydrogen) atoms. The molecule has 92 valence electrons. The van der Waals surface area contributed by atoms with Crippen molar-refractivity contribution >= 4 is 5.91 Å². The normalized spacial score (nSPS) is 19.8. The lowest BCUT2D eigenvalue weighted by Gasteiger charge is -2.15. The van der Waals surface area contributed by atoms with Crippen LogP contribution < -0.4 is 16.2 Å². The molecule has 2 rings (SSSR count). The van der Waals surface area contributed by atoms with Gasteiger partial charge >= 0.3 is 0 Å². The lowest BCUT2D eigenvalue weighted by atomic mass is 10.1. The predicted octanol–water partition coefficient (Wildman–Crippen LogP) is 1.28. The Bertz CT molecular complexity index is 431. The van der Waals surface area contributed by atoms with Crippen LogP contribution in [0.4, 0.5) is 0 Å². The Hall–Kier alpha value is -1.55. The van der Waals surface area contributed by atoms with E-state index in [1.165, 1.54) is 11.1 Å². The monoisotopic (exact) mass is 234 g/mol. The Morgan fingerprint density at radius 1 is 1.59 bits per heavy atom. The highest BCUT2D eigenvalue weighted by molar-refractivity contribution is 5.79. The van der Waals surface area contributed by atoms with Gasteiger partial charge in [-0.15, -0.1) is 0 Å². The molecular weight excluding hydrogens is 216 g/mol. The van der Waals surface area contributed by atoms with Crippen molar-refractivity contribution in [3.63, 3.8) is 0 Å². The Balaban J connectivity index is 2.16. The van der Waals surface area contributed by atoms with Crippen LogP contribution in [0, 0.1) is 0 Å². The van der Waals surface area contributed by atoms with Gasteiger partial charge < -0.3 is 16.2 Å². The number of hydrogen-bond donors (Lipinski definition) is 2. The maximum atomic E-state index is 11.1. The third-order valence-corrected chi connectivity index (χ3v) is 3.21. The first-order valence-corrected chi connectivity index (χ1v) is 5.96. The van der Waals surface area contributed by atoms with Crippen molar-refractivity contribution in [1.82, 2.24) is 0 Å². The van der Waals surface area contributed by atoms with Crippen LogP contribution in [0.1, 0.15) is 36.9 Å². The van der Waals surface area contributed by atoms with Crippen molar-refractivity contribution < 1.29 is 9.53 Å². The summed E-state index contributed by atoms with van der Waals surface area (Å²) in [5.41, 5.74) is 13.6. The lowest BCUT2D eigenvalue weighted by Crippen LogP contribution is -2.33. The second kappa shape index (κ2) is 4.75. The molecule has 0 radical (unpaired) electrons. The molecule has 0 saturated carbocycles. The number of fused-ring (bicyclic) bond motifs is 1. The predicted molar refractivity (Wildman–Crippen MR) is 65.6 cm³/mol. The maximum Gasteiger partial charge on any atom is 0.258 e. The topological polar surface area (TPSA) is 78.3 Å². The molecule has 0 heterocycles. The molecule has 1 aliphatic carbocycles. The summed E-state index contributed by atoms with van der Waals surface area (Å²) in [7, 11) is 0. The summed E-state index contributed by atoms with van der Waals surface area (Å²) < 4.78 is 5.57. The molecule has 1 aromatic carbocycles. The van der Waals surface area contributed by atoms with E-state index in [9.17, 15) is 4.79 Å². The summed E-state index contributed by atoms with van der Waals surface area (Å²) in [6, 6.07) is 5.94. The van der Waals surface area contributed by atoms with Gasteiger partial charge in [-0.2, -0.15) is 0 Å². The molecule has 1 amide bonds. The molecule has 1 aliphatic rings. The fraction of sp³-hybridized carbons (Fsp3) is 0.462. The van der Waals surface area contributed by atoms with Crippen molar-refractivity contribution in [2.75, 3.05) is 0 Å². The summed E-state index contributed by atoms with van der Waals surface area (Å²) >= 11 is 0. The van der Waals surface area contributed by atoms with Gasteiger partial charge in [0.2, 0.25) is 0 Å². The molecule has 0 bridgehead atoms. The number of primary amides is 1. The minimum Gasteiger partial charge on any atom is -0.481 e. The van der Waals surface area contributed by atoms with E-state index in [-0.39, 0.29) is 6.04 Å². The molecule has 1 aromatic rings. The zero-order valence-corrected chi connectivity index (χ0v) is 9.98. The summed E-state index contributed by atoms with van der Waals surface area (Å²) in [6.07, 6.45) is 1.97. The van der Waals surface area contributed by atoms with Crippen LogP contribution in [-0.4, -0.2) is 12.0 Å². The molecule has 4 nitrogen and oxygen atoms in total. The number of ether oxygens (including phenoxy) is 1. The molecule has 0 saturated heterocycles. The summed E-state index contributed by atoms with van der Waals surface area (Å²) in [6.45, 7) is 1.87. The Kier molecular flexibility index (Phi) is 3.33. The molecular formula is C13H18N2O2. The fourth-order valence-electron chi connectivity index (χ4n) is 2.21. The van der Waals surface area contributed by atoms with Crippen LogP contribution in [0.25, 0.3) is 0 Å². The molecule has 4 heteroatoms. The third-order valence-electron chi connectivity index (χ3n) is 3.21. The summed E-state index contributed by atoms with van der Waals surface area (Å²) in [4.78, 5) is 11.1. The van der Waals surface area contributed by atoms with E-state index < -0.39 is 12.0 Å². The van der Waals surface area contributed by atoms with Crippen molar-refractivity contribution in [3.05, 3.63) is 29.3 Å². The third kappa shape index (κ3) is 2.42. The lowest BCUT2D eigenvalue weighted by molar-refractivity contribution is -0.124. The summed E-state index contributed by atoms with van der Waals surface area (Å²) in [5.74, 6) is 0.271. The zero-order valence-electron chi connectivity index (χ0n) is 9.98. The number of carbonyl (C=O) groups is 1. The number of benzene rings is 1. The quantitative estimate of drug-likeness (QED) is 0.823. The Morgan fingerprint density at radius 2 is 2.35 bits per heavy atom. The van der Waals surface area contributed by atoms with E-state index in [0.29, 0.717) is 12.2 Å². The number of amides is 1. The molecule has 0 fully saturated rings. The average Bonchev–Trinajstić information content (AvgIpc) is 2.67. The van der Waals surface area contributed by atoms with Gasteiger partial charge in [0.15, 0.2) is 6.10 Å². The average molecular weight is 234 g/mol. The molecule has 4 N–H and O–H groups in total. The molecule has 1 unspecified atom stereocenters. The number of carbonyl (C=O) groups excluding carboxylic acids is 1. The largest absolute Gasteiger partial charge is 0.481 e. The van der Waals surface area contributed by atoms with Gasteiger partial charge in [0.1, 0.15) is 5.75 Å². The van der Waals surface area contributed by atoms with Crippen LogP contribution >= 0.6 is 0 Å². The highest BCUT2D eigenvalue weighted by atomic mass is 16.5. The standard InChI is InChI=1S/C13H18N2O2/c1-2-12(13(15)16)17-9-4-5-10-8(7-9)3-6-11(10)14/h4-5,7,11-12H,2-3,6,14H2,1H3,(H2,15,16)/t11-,12?/m1/s1. The fourth-order valence-corrected chi connectivity index (χ4v) is 2.21. The number of aryl methyl sites for hydroxylation is 1. The van der Waals surface area contributed by atoms with Crippen molar-refractivity contribution in [2.24, 2.45) is 11.5 Å². The highest BCUT2D eigenvalue weighted by Crippen LogP contribution is 2.32. The molecule has 0 spiro atoms. The van der Waals surface area contributed by atoms with Gasteiger partial charge in [-0.1, -0.05) is 13.0 Å². The highest BCUT2D eigenvalue weighted by Gasteiger charge is 2.20. The summed E-state index contributed by atoms with van der Waals surface area (Å²) in [5, 5.41) is 0. The molecule has 0 aliphatic heterocycles. The van der Waals surface area contributed by atoms with Gasteiger partial charge in [0.25, 0.3) is 5.91 Å². The second-order valence-electron chi connectivity index (χ2n) is 4.42. The van der Waals surface area contributed by atoms with Crippen molar-refractivity contribution in [2.45, 2.75) is 38.3 Å². The SMILES string of the molecule is CCC(Oc1ccc2c(c1)CC[C@H]2N)C(N)=O. The van der Waals surface area contributed by atoms with E-state index in [4.69, 9.17) is 16.2 Å². The van der Waals surface area contributed by atoms with Gasteiger partial charge in [-0.25, -0.2) is 0 Å². The Labute approximate surface area is 101 Å². The van der Waals surface area contributed by atoms with Crippen LogP contribution in [0.5, 0.6) is 5.75 Å². The number of nitrogens with two attached hydrogens (primary N) is 2. The second-order valence-corrected chi connectivity index (χ2v) is 4.42. The minimum atomic E-state index is -0.553. The molecule has 2 atom stereocenters. The van der Waals surface area contributed by atoms with Crippen LogP contribution in [0.3, 0.4) is 0 Å². The maximum absolute atomic E-state index is 11.1. The number of hydrogen-bond acceptors (Lipinski definition) is 3. The number of rotatable bonds is 4. The minimum absolute atomic E-state index is 0.136. The zero-order chi connectivity index (χ0) is 12.4. The van der Waals surface area contributed by atoms with E-state index in [2.05, 4.69) is 0 Å².